The number of aryl methyl sites for hydroxylation is 1. The van der Waals surface area contributed by atoms with E-state index in [4.69, 9.17) is 0 Å². The lowest BCUT2D eigenvalue weighted by Gasteiger charge is -2.29. The van der Waals surface area contributed by atoms with Crippen molar-refractivity contribution in [1.29, 1.82) is 0 Å². The minimum absolute atomic E-state index is 0.258. The summed E-state index contributed by atoms with van der Waals surface area (Å²) in [5.74, 6) is 2.66. The van der Waals surface area contributed by atoms with Crippen LogP contribution in [0, 0.1) is 17.8 Å². The molecule has 21 heavy (non-hydrogen) atoms. The van der Waals surface area contributed by atoms with Gasteiger partial charge in [-0.15, -0.1) is 0 Å². The Morgan fingerprint density at radius 2 is 2.19 bits per heavy atom. The number of benzene rings is 1. The summed E-state index contributed by atoms with van der Waals surface area (Å²) in [7, 11) is 2.17. The lowest BCUT2D eigenvalue weighted by molar-refractivity contribution is 0.125. The van der Waals surface area contributed by atoms with E-state index >= 15 is 0 Å². The van der Waals surface area contributed by atoms with Crippen molar-refractivity contribution in [2.24, 2.45) is 17.8 Å². The minimum atomic E-state index is -0.258. The molecule has 3 aliphatic rings. The molecule has 4 rings (SSSR count). The average molecular weight is 285 g/mol. The molecule has 114 valence electrons. The summed E-state index contributed by atoms with van der Waals surface area (Å²) in [5, 5.41) is 10.7. The maximum atomic E-state index is 10.7. The zero-order valence-corrected chi connectivity index (χ0v) is 13.1. The first-order valence-electron chi connectivity index (χ1n) is 8.72. The van der Waals surface area contributed by atoms with Crippen molar-refractivity contribution in [3.05, 3.63) is 29.3 Å². The van der Waals surface area contributed by atoms with E-state index in [9.17, 15) is 5.11 Å². The largest absolute Gasteiger partial charge is 0.388 e. The summed E-state index contributed by atoms with van der Waals surface area (Å²) in [6.07, 6.45) is 8.78. The number of aliphatic hydroxyl groups is 1. The highest BCUT2D eigenvalue weighted by molar-refractivity contribution is 5.56. The second-order valence-corrected chi connectivity index (χ2v) is 7.60. The molecule has 2 aliphatic carbocycles. The molecule has 4 atom stereocenters. The number of rotatable bonds is 3. The zero-order chi connectivity index (χ0) is 14.4. The molecule has 0 saturated heterocycles. The summed E-state index contributed by atoms with van der Waals surface area (Å²) in [4.78, 5) is 2.34. The molecule has 1 aliphatic heterocycles. The summed E-state index contributed by atoms with van der Waals surface area (Å²) in [5.41, 5.74) is 3.93. The van der Waals surface area contributed by atoms with E-state index in [1.54, 1.807) is 0 Å². The van der Waals surface area contributed by atoms with Crippen molar-refractivity contribution in [2.75, 3.05) is 18.5 Å². The van der Waals surface area contributed by atoms with Crippen molar-refractivity contribution in [1.82, 2.24) is 0 Å². The van der Waals surface area contributed by atoms with Crippen LogP contribution in [-0.4, -0.2) is 18.7 Å². The highest BCUT2D eigenvalue weighted by Gasteiger charge is 2.40. The van der Waals surface area contributed by atoms with E-state index in [1.165, 1.54) is 43.4 Å². The van der Waals surface area contributed by atoms with Crippen LogP contribution in [0.4, 0.5) is 5.69 Å². The van der Waals surface area contributed by atoms with E-state index < -0.39 is 0 Å². The molecular formula is C19H27NO. The molecule has 1 N–H and O–H groups in total. The van der Waals surface area contributed by atoms with Gasteiger partial charge in [-0.3, -0.25) is 0 Å². The first-order valence-corrected chi connectivity index (χ1v) is 8.72. The van der Waals surface area contributed by atoms with E-state index in [-0.39, 0.29) is 6.10 Å². The van der Waals surface area contributed by atoms with Crippen molar-refractivity contribution in [2.45, 2.75) is 51.0 Å². The standard InChI is InChI=1S/C19H27NO/c1-20-8-2-3-15-11-16(6-7-18(15)20)19(21)12-17-10-13-4-5-14(17)9-13/h6-7,11,13-14,17,19,21H,2-5,8-10,12H2,1H3. The number of hydrogen-bond acceptors (Lipinski definition) is 2. The molecule has 0 radical (unpaired) electrons. The third-order valence-corrected chi connectivity index (χ3v) is 6.25. The zero-order valence-electron chi connectivity index (χ0n) is 13.1. The molecule has 0 spiro atoms. The lowest BCUT2D eigenvalue weighted by Crippen LogP contribution is -2.24. The second-order valence-electron chi connectivity index (χ2n) is 7.60. The van der Waals surface area contributed by atoms with Gasteiger partial charge in [-0.05, 0) is 73.5 Å². The molecule has 0 amide bonds. The lowest BCUT2D eigenvalue weighted by atomic mass is 9.83. The molecule has 4 unspecified atom stereocenters. The van der Waals surface area contributed by atoms with Crippen LogP contribution in [-0.2, 0) is 6.42 Å². The van der Waals surface area contributed by atoms with Gasteiger partial charge in [-0.2, -0.15) is 0 Å². The third-order valence-electron chi connectivity index (χ3n) is 6.25. The van der Waals surface area contributed by atoms with Crippen LogP contribution in [0.1, 0.15) is 55.8 Å². The second kappa shape index (κ2) is 5.31. The smallest absolute Gasteiger partial charge is 0.0792 e. The average Bonchev–Trinajstić information content (AvgIpc) is 3.09. The summed E-state index contributed by atoms with van der Waals surface area (Å²) < 4.78 is 0. The molecule has 0 aromatic heterocycles. The van der Waals surface area contributed by atoms with Gasteiger partial charge in [0.05, 0.1) is 6.10 Å². The van der Waals surface area contributed by atoms with Crippen LogP contribution < -0.4 is 4.90 Å². The molecule has 1 aromatic rings. The Hall–Kier alpha value is -1.02. The fourth-order valence-corrected chi connectivity index (χ4v) is 5.10. The topological polar surface area (TPSA) is 23.5 Å². The Morgan fingerprint density at radius 3 is 2.95 bits per heavy atom. The quantitative estimate of drug-likeness (QED) is 0.909. The van der Waals surface area contributed by atoms with Crippen molar-refractivity contribution >= 4 is 5.69 Å². The molecule has 2 saturated carbocycles. The van der Waals surface area contributed by atoms with Gasteiger partial charge in [0.15, 0.2) is 0 Å². The van der Waals surface area contributed by atoms with Gasteiger partial charge in [0, 0.05) is 19.3 Å². The van der Waals surface area contributed by atoms with Crippen LogP contribution in [0.25, 0.3) is 0 Å². The Bertz CT molecular complexity index is 526. The summed E-state index contributed by atoms with van der Waals surface area (Å²) >= 11 is 0. The predicted octanol–water partition coefficient (Wildman–Crippen LogP) is 3.93. The maximum Gasteiger partial charge on any atom is 0.0792 e. The maximum absolute atomic E-state index is 10.7. The van der Waals surface area contributed by atoms with Crippen LogP contribution in [0.2, 0.25) is 0 Å². The molecule has 2 heteroatoms. The highest BCUT2D eigenvalue weighted by Crippen LogP contribution is 2.51. The number of nitrogens with zero attached hydrogens (tertiary/aromatic N) is 1. The van der Waals surface area contributed by atoms with E-state index in [0.717, 1.165) is 42.7 Å². The van der Waals surface area contributed by atoms with Crippen LogP contribution in [0.15, 0.2) is 18.2 Å². The monoisotopic (exact) mass is 285 g/mol. The number of aliphatic hydroxyl groups excluding tert-OH is 1. The normalized spacial score (nSPS) is 32.3. The molecule has 2 nitrogen and oxygen atoms in total. The summed E-state index contributed by atoms with van der Waals surface area (Å²) in [6, 6.07) is 6.63. The minimum Gasteiger partial charge on any atom is -0.388 e. The fraction of sp³-hybridized carbons (Fsp3) is 0.684. The van der Waals surface area contributed by atoms with E-state index in [2.05, 4.69) is 30.1 Å². The van der Waals surface area contributed by atoms with Crippen LogP contribution in [0.5, 0.6) is 0 Å². The Morgan fingerprint density at radius 1 is 1.29 bits per heavy atom. The molecular weight excluding hydrogens is 258 g/mol. The number of anilines is 1. The molecule has 1 heterocycles. The first-order chi connectivity index (χ1) is 10.2. The van der Waals surface area contributed by atoms with Gasteiger partial charge >= 0.3 is 0 Å². The summed E-state index contributed by atoms with van der Waals surface area (Å²) in [6.45, 7) is 1.15. The van der Waals surface area contributed by atoms with Crippen molar-refractivity contribution in [3.63, 3.8) is 0 Å². The van der Waals surface area contributed by atoms with E-state index in [1.807, 2.05) is 0 Å². The van der Waals surface area contributed by atoms with Crippen LogP contribution in [0.3, 0.4) is 0 Å². The van der Waals surface area contributed by atoms with Gasteiger partial charge in [0.2, 0.25) is 0 Å². The fourth-order valence-electron chi connectivity index (χ4n) is 5.10. The van der Waals surface area contributed by atoms with Gasteiger partial charge in [-0.25, -0.2) is 0 Å². The van der Waals surface area contributed by atoms with Gasteiger partial charge in [0.1, 0.15) is 0 Å². The predicted molar refractivity (Wildman–Crippen MR) is 86.5 cm³/mol. The van der Waals surface area contributed by atoms with Gasteiger partial charge in [-0.1, -0.05) is 18.6 Å². The van der Waals surface area contributed by atoms with Crippen LogP contribution >= 0.6 is 0 Å². The third kappa shape index (κ3) is 2.48. The highest BCUT2D eigenvalue weighted by atomic mass is 16.3. The Kier molecular flexibility index (Phi) is 3.45. The molecule has 2 bridgehead atoms. The Labute approximate surface area is 128 Å². The van der Waals surface area contributed by atoms with E-state index in [0.29, 0.717) is 0 Å². The number of hydrogen-bond donors (Lipinski definition) is 1. The van der Waals surface area contributed by atoms with Crippen molar-refractivity contribution in [3.8, 4) is 0 Å². The van der Waals surface area contributed by atoms with Gasteiger partial charge < -0.3 is 10.0 Å². The number of fused-ring (bicyclic) bond motifs is 3. The SMILES string of the molecule is CN1CCCc2cc(C(O)CC3CC4CCC3C4)ccc21. The molecule has 2 fully saturated rings. The molecule has 1 aromatic carbocycles. The first kappa shape index (κ1) is 13.6. The van der Waals surface area contributed by atoms with Gasteiger partial charge in [0.25, 0.3) is 0 Å². The Balaban J connectivity index is 1.48. The van der Waals surface area contributed by atoms with Crippen molar-refractivity contribution < 1.29 is 5.11 Å².